The molecule has 0 saturated carbocycles. The molecule has 0 aliphatic carbocycles. The number of nitrogens with zero attached hydrogens (tertiary/aromatic N) is 1. The zero-order valence-electron chi connectivity index (χ0n) is 12.9. The van der Waals surface area contributed by atoms with Crippen LogP contribution in [0.25, 0.3) is 0 Å². The largest absolute Gasteiger partial charge is 0.371 e. The van der Waals surface area contributed by atoms with Crippen LogP contribution in [0.2, 0.25) is 5.02 Å². The summed E-state index contributed by atoms with van der Waals surface area (Å²) < 4.78 is 14.5. The molecule has 0 spiro atoms. The molecule has 1 amide bonds. The minimum atomic E-state index is -0.436. The molecule has 1 aliphatic rings. The minimum absolute atomic E-state index is 0.108. The fourth-order valence-electron chi connectivity index (χ4n) is 2.90. The van der Waals surface area contributed by atoms with Gasteiger partial charge in [-0.1, -0.05) is 33.6 Å². The number of nitrogens with one attached hydrogen (secondary N) is 1. The van der Waals surface area contributed by atoms with Crippen LogP contribution >= 0.6 is 27.5 Å². The van der Waals surface area contributed by atoms with Gasteiger partial charge in [0, 0.05) is 34.2 Å². The van der Waals surface area contributed by atoms with Crippen LogP contribution in [-0.2, 0) is 4.79 Å². The molecule has 0 unspecified atom stereocenters. The molecule has 3 rings (SSSR count). The average Bonchev–Trinajstić information content (AvgIpc) is 2.57. The van der Waals surface area contributed by atoms with E-state index in [9.17, 15) is 9.18 Å². The van der Waals surface area contributed by atoms with E-state index in [1.165, 1.54) is 6.07 Å². The number of benzene rings is 2. The molecule has 0 bridgehead atoms. The van der Waals surface area contributed by atoms with Crippen molar-refractivity contribution in [1.29, 1.82) is 0 Å². The van der Waals surface area contributed by atoms with Crippen molar-refractivity contribution in [1.82, 2.24) is 0 Å². The van der Waals surface area contributed by atoms with Crippen LogP contribution in [0.4, 0.5) is 15.8 Å². The highest BCUT2D eigenvalue weighted by molar-refractivity contribution is 9.10. The fourth-order valence-corrected chi connectivity index (χ4v) is 3.42. The summed E-state index contributed by atoms with van der Waals surface area (Å²) in [5.74, 6) is -0.667. The zero-order chi connectivity index (χ0) is 17.1. The van der Waals surface area contributed by atoms with E-state index in [0.29, 0.717) is 9.50 Å². The second-order valence-electron chi connectivity index (χ2n) is 5.85. The topological polar surface area (TPSA) is 32.3 Å². The van der Waals surface area contributed by atoms with Gasteiger partial charge < -0.3 is 10.2 Å². The number of amides is 1. The first-order chi connectivity index (χ1) is 11.5. The maximum atomic E-state index is 13.8. The van der Waals surface area contributed by atoms with Gasteiger partial charge in [0.05, 0.1) is 5.69 Å². The molecular weight excluding hydrogens is 395 g/mol. The van der Waals surface area contributed by atoms with E-state index >= 15 is 0 Å². The molecule has 3 nitrogen and oxygen atoms in total. The zero-order valence-corrected chi connectivity index (χ0v) is 15.3. The molecule has 1 heterocycles. The molecule has 2 aromatic carbocycles. The van der Waals surface area contributed by atoms with Crippen LogP contribution in [-0.4, -0.2) is 19.0 Å². The summed E-state index contributed by atoms with van der Waals surface area (Å²) in [5.41, 5.74) is 1.29. The molecule has 126 valence electrons. The molecule has 1 fully saturated rings. The normalized spacial score (nSPS) is 15.4. The summed E-state index contributed by atoms with van der Waals surface area (Å²) in [6, 6.07) is 12.3. The number of hydrogen-bond donors (Lipinski definition) is 1. The van der Waals surface area contributed by atoms with Crippen LogP contribution < -0.4 is 10.2 Å². The summed E-state index contributed by atoms with van der Waals surface area (Å²) >= 11 is 9.24. The van der Waals surface area contributed by atoms with E-state index < -0.39 is 5.82 Å². The van der Waals surface area contributed by atoms with Gasteiger partial charge in [-0.05, 0) is 49.2 Å². The van der Waals surface area contributed by atoms with Crippen LogP contribution in [0.15, 0.2) is 46.9 Å². The van der Waals surface area contributed by atoms with Crippen molar-refractivity contribution >= 4 is 44.8 Å². The lowest BCUT2D eigenvalue weighted by molar-refractivity contribution is -0.120. The van der Waals surface area contributed by atoms with Crippen molar-refractivity contribution in [3.05, 3.63) is 57.8 Å². The molecule has 24 heavy (non-hydrogen) atoms. The molecule has 1 N–H and O–H groups in total. The smallest absolute Gasteiger partial charge is 0.227 e. The Morgan fingerprint density at radius 2 is 1.96 bits per heavy atom. The summed E-state index contributed by atoms with van der Waals surface area (Å²) in [6.07, 6.45) is 1.47. The first kappa shape index (κ1) is 17.2. The number of rotatable bonds is 3. The Morgan fingerprint density at radius 1 is 1.21 bits per heavy atom. The second-order valence-corrected chi connectivity index (χ2v) is 7.21. The van der Waals surface area contributed by atoms with Crippen molar-refractivity contribution in [2.75, 3.05) is 23.3 Å². The Hall–Kier alpha value is -1.59. The number of hydrogen-bond acceptors (Lipinski definition) is 2. The molecule has 0 atom stereocenters. The first-order valence-corrected chi connectivity index (χ1v) is 8.96. The Kier molecular flexibility index (Phi) is 5.41. The Balaban J connectivity index is 1.59. The Labute approximate surface area is 153 Å². The molecule has 2 aromatic rings. The van der Waals surface area contributed by atoms with Crippen molar-refractivity contribution in [2.45, 2.75) is 12.8 Å². The third-order valence-corrected chi connectivity index (χ3v) is 4.96. The monoisotopic (exact) mass is 410 g/mol. The lowest BCUT2D eigenvalue weighted by Crippen LogP contribution is -2.38. The predicted octanol–water partition coefficient (Wildman–Crippen LogP) is 5.10. The van der Waals surface area contributed by atoms with Crippen LogP contribution in [0.1, 0.15) is 12.8 Å². The number of carbonyl (C=O) groups is 1. The summed E-state index contributed by atoms with van der Waals surface area (Å²) in [4.78, 5) is 14.6. The van der Waals surface area contributed by atoms with Crippen molar-refractivity contribution in [3.8, 4) is 0 Å². The first-order valence-electron chi connectivity index (χ1n) is 7.79. The fraction of sp³-hybridized carbons (Fsp3) is 0.278. The van der Waals surface area contributed by atoms with Crippen LogP contribution in [0.5, 0.6) is 0 Å². The molecule has 1 aliphatic heterocycles. The van der Waals surface area contributed by atoms with Gasteiger partial charge in [-0.2, -0.15) is 0 Å². The molecule has 0 aromatic heterocycles. The van der Waals surface area contributed by atoms with Gasteiger partial charge in [-0.15, -0.1) is 0 Å². The molecule has 0 radical (unpaired) electrons. The SMILES string of the molecule is O=C(Nc1ccc(Br)cc1F)C1CCN(c2cccc(Cl)c2)CC1. The van der Waals surface area contributed by atoms with E-state index in [1.807, 2.05) is 24.3 Å². The summed E-state index contributed by atoms with van der Waals surface area (Å²) in [7, 11) is 0. The van der Waals surface area contributed by atoms with Crippen LogP contribution in [0, 0.1) is 11.7 Å². The molecular formula is C18H17BrClFN2O. The number of anilines is 2. The van der Waals surface area contributed by atoms with Crippen molar-refractivity contribution < 1.29 is 9.18 Å². The third-order valence-electron chi connectivity index (χ3n) is 4.23. The van der Waals surface area contributed by atoms with E-state index in [0.717, 1.165) is 31.6 Å². The third kappa shape index (κ3) is 4.08. The minimum Gasteiger partial charge on any atom is -0.371 e. The average molecular weight is 412 g/mol. The van der Waals surface area contributed by atoms with E-state index in [1.54, 1.807) is 12.1 Å². The maximum absolute atomic E-state index is 13.8. The summed E-state index contributed by atoms with van der Waals surface area (Å²) in [6.45, 7) is 1.56. The maximum Gasteiger partial charge on any atom is 0.227 e. The van der Waals surface area contributed by atoms with Crippen LogP contribution in [0.3, 0.4) is 0 Å². The molecule has 6 heteroatoms. The number of carbonyl (C=O) groups excluding carboxylic acids is 1. The van der Waals surface area contributed by atoms with Crippen molar-refractivity contribution in [3.63, 3.8) is 0 Å². The summed E-state index contributed by atoms with van der Waals surface area (Å²) in [5, 5.41) is 3.40. The van der Waals surface area contributed by atoms with Gasteiger partial charge in [-0.3, -0.25) is 4.79 Å². The van der Waals surface area contributed by atoms with Gasteiger partial charge in [0.15, 0.2) is 0 Å². The highest BCUT2D eigenvalue weighted by Gasteiger charge is 2.25. The second kappa shape index (κ2) is 7.53. The van der Waals surface area contributed by atoms with Gasteiger partial charge >= 0.3 is 0 Å². The van der Waals surface area contributed by atoms with E-state index in [2.05, 4.69) is 26.1 Å². The Bertz CT molecular complexity index is 748. The molecule has 1 saturated heterocycles. The lowest BCUT2D eigenvalue weighted by Gasteiger charge is -2.33. The number of piperidine rings is 1. The highest BCUT2D eigenvalue weighted by Crippen LogP contribution is 2.27. The lowest BCUT2D eigenvalue weighted by atomic mass is 9.95. The Morgan fingerprint density at radius 3 is 2.62 bits per heavy atom. The van der Waals surface area contributed by atoms with E-state index in [-0.39, 0.29) is 17.5 Å². The van der Waals surface area contributed by atoms with Gasteiger partial charge in [0.25, 0.3) is 0 Å². The quantitative estimate of drug-likeness (QED) is 0.762. The van der Waals surface area contributed by atoms with Gasteiger partial charge in [-0.25, -0.2) is 4.39 Å². The highest BCUT2D eigenvalue weighted by atomic mass is 79.9. The number of halogens is 3. The standard InChI is InChI=1S/C18H17BrClFN2O/c19-13-4-5-17(16(21)10-13)22-18(24)12-6-8-23(9-7-12)15-3-1-2-14(20)11-15/h1-5,10-12H,6-9H2,(H,22,24). The van der Waals surface area contributed by atoms with Gasteiger partial charge in [0.1, 0.15) is 5.82 Å². The van der Waals surface area contributed by atoms with Crippen molar-refractivity contribution in [2.24, 2.45) is 5.92 Å². The van der Waals surface area contributed by atoms with E-state index in [4.69, 9.17) is 11.6 Å². The predicted molar refractivity (Wildman–Crippen MR) is 99.1 cm³/mol. The van der Waals surface area contributed by atoms with Gasteiger partial charge in [0.2, 0.25) is 5.91 Å².